The Hall–Kier alpha value is -3.29. The molecule has 6 nitrogen and oxygen atoms in total. The molecule has 2 aromatic carbocycles. The molecule has 30 heavy (non-hydrogen) atoms. The maximum Gasteiger partial charge on any atom is 0.259 e. The molecule has 1 aromatic heterocycles. The first-order chi connectivity index (χ1) is 14.7. The third-order valence-corrected chi connectivity index (χ3v) is 5.68. The van der Waals surface area contributed by atoms with Crippen LogP contribution in [-0.2, 0) is 9.53 Å². The van der Waals surface area contributed by atoms with Crippen molar-refractivity contribution in [3.63, 3.8) is 0 Å². The average molecular weight is 420 g/mol. The Bertz CT molecular complexity index is 1090. The van der Waals surface area contributed by atoms with Gasteiger partial charge in [0.2, 0.25) is 5.91 Å². The van der Waals surface area contributed by atoms with Gasteiger partial charge in [-0.3, -0.25) is 9.59 Å². The Labute approximate surface area is 178 Å². The number of carbonyl (C=O) groups excluding carboxylic acids is 2. The number of nitrogens with one attached hydrogen (secondary N) is 1. The largest absolute Gasteiger partial charge is 0.465 e. The number of ether oxygens (including phenoxy) is 1. The zero-order chi connectivity index (χ0) is 20.9. The summed E-state index contributed by atoms with van der Waals surface area (Å²) in [6, 6.07) is 16.6. The van der Waals surface area contributed by atoms with Crippen LogP contribution in [0.25, 0.3) is 6.08 Å². The molecule has 0 unspecified atom stereocenters. The van der Waals surface area contributed by atoms with Crippen LogP contribution in [0.3, 0.4) is 0 Å². The van der Waals surface area contributed by atoms with Crippen LogP contribution in [0.4, 0.5) is 11.4 Å². The van der Waals surface area contributed by atoms with Gasteiger partial charge in [-0.15, -0.1) is 0 Å². The highest BCUT2D eigenvalue weighted by atomic mass is 32.2. The summed E-state index contributed by atoms with van der Waals surface area (Å²) in [5.74, 6) is 0.274. The summed E-state index contributed by atoms with van der Waals surface area (Å²) in [4.78, 5) is 28.9. The lowest BCUT2D eigenvalue weighted by Crippen LogP contribution is -2.33. The predicted octanol–water partition coefficient (Wildman–Crippen LogP) is 4.69. The van der Waals surface area contributed by atoms with Gasteiger partial charge in [-0.1, -0.05) is 23.9 Å². The van der Waals surface area contributed by atoms with Gasteiger partial charge >= 0.3 is 0 Å². The molecule has 0 fully saturated rings. The second-order valence-corrected chi connectivity index (χ2v) is 7.65. The minimum Gasteiger partial charge on any atom is -0.465 e. The average Bonchev–Trinajstić information content (AvgIpc) is 3.24. The van der Waals surface area contributed by atoms with Crippen molar-refractivity contribution in [3.8, 4) is 0 Å². The zero-order valence-corrected chi connectivity index (χ0v) is 17.1. The molecule has 0 aliphatic carbocycles. The number of benzene rings is 2. The zero-order valence-electron chi connectivity index (χ0n) is 16.3. The number of hydrogen-bond acceptors (Lipinski definition) is 5. The van der Waals surface area contributed by atoms with Gasteiger partial charge in [-0.25, -0.2) is 0 Å². The van der Waals surface area contributed by atoms with Crippen molar-refractivity contribution < 1.29 is 18.7 Å². The van der Waals surface area contributed by atoms with Crippen molar-refractivity contribution in [2.45, 2.75) is 9.79 Å². The molecular weight excluding hydrogens is 400 g/mol. The molecule has 0 atom stereocenters. The van der Waals surface area contributed by atoms with E-state index >= 15 is 0 Å². The van der Waals surface area contributed by atoms with E-state index in [1.54, 1.807) is 42.5 Å². The van der Waals surface area contributed by atoms with Crippen molar-refractivity contribution in [2.75, 3.05) is 30.5 Å². The molecule has 0 saturated heterocycles. The first kappa shape index (κ1) is 20.0. The van der Waals surface area contributed by atoms with E-state index in [1.165, 1.54) is 17.8 Å². The van der Waals surface area contributed by atoms with E-state index in [-0.39, 0.29) is 11.8 Å². The summed E-state index contributed by atoms with van der Waals surface area (Å²) in [6.07, 6.45) is 4.58. The van der Waals surface area contributed by atoms with E-state index in [2.05, 4.69) is 5.32 Å². The Balaban J connectivity index is 1.62. The van der Waals surface area contributed by atoms with Crippen molar-refractivity contribution in [1.29, 1.82) is 0 Å². The number of anilines is 2. The van der Waals surface area contributed by atoms with Crippen LogP contribution in [0.1, 0.15) is 16.1 Å². The lowest BCUT2D eigenvalue weighted by Gasteiger charge is -2.23. The highest BCUT2D eigenvalue weighted by molar-refractivity contribution is 7.99. The summed E-state index contributed by atoms with van der Waals surface area (Å²) in [6.45, 7) is 0.864. The van der Waals surface area contributed by atoms with Gasteiger partial charge in [0.25, 0.3) is 5.91 Å². The molecule has 2 amide bonds. The summed E-state index contributed by atoms with van der Waals surface area (Å²) >= 11 is 1.51. The maximum atomic E-state index is 13.1. The number of furan rings is 1. The molecule has 152 valence electrons. The molecule has 1 aliphatic rings. The first-order valence-corrected chi connectivity index (χ1v) is 10.2. The summed E-state index contributed by atoms with van der Waals surface area (Å²) in [7, 11) is 1.61. The molecule has 1 aliphatic heterocycles. The maximum absolute atomic E-state index is 13.1. The van der Waals surface area contributed by atoms with E-state index in [1.807, 2.05) is 36.4 Å². The molecule has 0 radical (unpaired) electrons. The monoisotopic (exact) mass is 420 g/mol. The molecule has 0 spiro atoms. The van der Waals surface area contributed by atoms with Crippen molar-refractivity contribution >= 4 is 41.0 Å². The van der Waals surface area contributed by atoms with Gasteiger partial charge in [-0.05, 0) is 48.5 Å². The van der Waals surface area contributed by atoms with E-state index in [9.17, 15) is 9.59 Å². The molecule has 0 bridgehead atoms. The lowest BCUT2D eigenvalue weighted by molar-refractivity contribution is -0.111. The molecule has 1 N–H and O–H groups in total. The topological polar surface area (TPSA) is 71.8 Å². The van der Waals surface area contributed by atoms with Gasteiger partial charge in [-0.2, -0.15) is 0 Å². The Morgan fingerprint density at radius 2 is 2.03 bits per heavy atom. The number of methoxy groups -OCH3 is 1. The fourth-order valence-corrected chi connectivity index (χ4v) is 4.25. The van der Waals surface area contributed by atoms with Crippen LogP contribution in [0, 0.1) is 0 Å². The smallest absolute Gasteiger partial charge is 0.259 e. The minimum atomic E-state index is -0.266. The first-order valence-electron chi connectivity index (χ1n) is 9.40. The number of hydrogen-bond donors (Lipinski definition) is 1. The summed E-state index contributed by atoms with van der Waals surface area (Å²) in [5, 5.41) is 2.86. The van der Waals surface area contributed by atoms with Gasteiger partial charge < -0.3 is 19.4 Å². The quantitative estimate of drug-likeness (QED) is 0.586. The molecular formula is C23H20N2O4S. The predicted molar refractivity (Wildman–Crippen MR) is 117 cm³/mol. The van der Waals surface area contributed by atoms with Crippen LogP contribution in [-0.4, -0.2) is 32.1 Å². The third-order valence-electron chi connectivity index (χ3n) is 4.56. The van der Waals surface area contributed by atoms with Gasteiger partial charge in [0.05, 0.1) is 24.1 Å². The summed E-state index contributed by atoms with van der Waals surface area (Å²) in [5.41, 5.74) is 2.10. The molecule has 0 saturated carbocycles. The number of fused-ring (bicyclic) bond motifs is 2. The normalized spacial score (nSPS) is 13.1. The van der Waals surface area contributed by atoms with Crippen molar-refractivity contribution in [3.05, 3.63) is 78.3 Å². The van der Waals surface area contributed by atoms with E-state index in [0.29, 0.717) is 30.2 Å². The number of amides is 2. The van der Waals surface area contributed by atoms with Gasteiger partial charge in [0, 0.05) is 35.2 Å². The minimum absolute atomic E-state index is 0.0629. The van der Waals surface area contributed by atoms with E-state index in [4.69, 9.17) is 9.15 Å². The Kier molecular flexibility index (Phi) is 6.02. The van der Waals surface area contributed by atoms with Crippen LogP contribution in [0.5, 0.6) is 0 Å². The van der Waals surface area contributed by atoms with E-state index < -0.39 is 0 Å². The lowest BCUT2D eigenvalue weighted by atomic mass is 10.1. The molecule has 7 heteroatoms. The van der Waals surface area contributed by atoms with Crippen molar-refractivity contribution in [1.82, 2.24) is 0 Å². The van der Waals surface area contributed by atoms with Crippen LogP contribution in [0.2, 0.25) is 0 Å². The van der Waals surface area contributed by atoms with Crippen LogP contribution >= 0.6 is 11.8 Å². The molecule has 3 aromatic rings. The van der Waals surface area contributed by atoms with Crippen LogP contribution in [0.15, 0.2) is 81.1 Å². The molecule has 4 rings (SSSR count). The van der Waals surface area contributed by atoms with Gasteiger partial charge in [0.15, 0.2) is 0 Å². The number of rotatable bonds is 6. The highest BCUT2D eigenvalue weighted by Gasteiger charge is 2.27. The fraction of sp³-hybridized carbons (Fsp3) is 0.130. The number of nitrogens with zero attached hydrogens (tertiary/aromatic N) is 1. The molecule has 2 heterocycles. The van der Waals surface area contributed by atoms with Crippen LogP contribution < -0.4 is 10.2 Å². The second kappa shape index (κ2) is 9.02. The van der Waals surface area contributed by atoms with Gasteiger partial charge in [0.1, 0.15) is 5.76 Å². The number of carbonyl (C=O) groups is 2. The van der Waals surface area contributed by atoms with E-state index in [0.717, 1.165) is 15.5 Å². The Morgan fingerprint density at radius 1 is 1.17 bits per heavy atom. The SMILES string of the molecule is COCCN1C(=O)c2ccccc2Sc2cc(NC(=O)/C=C/c3ccco3)ccc21. The standard InChI is InChI=1S/C23H20N2O4S/c1-28-14-12-25-19-10-8-16(24-22(26)11-9-17-5-4-13-29-17)15-21(19)30-20-7-3-2-6-18(20)23(25)27/h2-11,13,15H,12,14H2,1H3,(H,24,26)/b11-9+. The Morgan fingerprint density at radius 3 is 2.83 bits per heavy atom. The van der Waals surface area contributed by atoms with Crippen molar-refractivity contribution in [2.24, 2.45) is 0 Å². The fourth-order valence-electron chi connectivity index (χ4n) is 3.13. The summed E-state index contributed by atoms with van der Waals surface area (Å²) < 4.78 is 10.4. The highest BCUT2D eigenvalue weighted by Crippen LogP contribution is 2.42. The third kappa shape index (κ3) is 4.32. The second-order valence-electron chi connectivity index (χ2n) is 6.57.